The number of hydrogen-bond acceptors (Lipinski definition) is 8. The number of nitrogens with one attached hydrogen (secondary N) is 2. The Morgan fingerprint density at radius 3 is 2.59 bits per heavy atom. The van der Waals surface area contributed by atoms with E-state index in [1.807, 2.05) is 0 Å². The maximum atomic E-state index is 13.7. The van der Waals surface area contributed by atoms with Crippen molar-refractivity contribution < 1.29 is 40.7 Å². The van der Waals surface area contributed by atoms with Gasteiger partial charge < -0.3 is 19.8 Å². The third-order valence-electron chi connectivity index (χ3n) is 5.86. The molecule has 0 bridgehead atoms. The zero-order valence-corrected chi connectivity index (χ0v) is 22.3. The van der Waals surface area contributed by atoms with Crippen molar-refractivity contribution in [3.8, 4) is 11.5 Å². The predicted molar refractivity (Wildman–Crippen MR) is 136 cm³/mol. The van der Waals surface area contributed by atoms with Gasteiger partial charge in [-0.05, 0) is 58.8 Å². The molecule has 0 aromatic carbocycles. The fourth-order valence-electron chi connectivity index (χ4n) is 4.05. The molecular formula is C25H28F5N7O4. The third kappa shape index (κ3) is 7.77. The molecule has 1 aliphatic rings. The summed E-state index contributed by atoms with van der Waals surface area (Å²) in [4.78, 5) is 33.6. The number of hydrogen-bond donors (Lipinski definition) is 2. The van der Waals surface area contributed by atoms with Gasteiger partial charge in [-0.15, -0.1) is 0 Å². The zero-order valence-electron chi connectivity index (χ0n) is 22.3. The van der Waals surface area contributed by atoms with Crippen LogP contribution < -0.4 is 15.5 Å². The van der Waals surface area contributed by atoms with Crippen molar-refractivity contribution >= 4 is 23.5 Å². The van der Waals surface area contributed by atoms with E-state index in [0.717, 1.165) is 18.5 Å². The Morgan fingerprint density at radius 1 is 1.24 bits per heavy atom. The van der Waals surface area contributed by atoms with Crippen LogP contribution in [0.4, 0.5) is 38.3 Å². The van der Waals surface area contributed by atoms with E-state index < -0.39 is 48.3 Å². The van der Waals surface area contributed by atoms with E-state index in [0.29, 0.717) is 30.8 Å². The lowest BCUT2D eigenvalue weighted by Gasteiger charge is -2.27. The molecule has 2 N–H and O–H groups in total. The van der Waals surface area contributed by atoms with E-state index in [-0.39, 0.29) is 28.9 Å². The largest absolute Gasteiger partial charge is 0.444 e. The number of amides is 2. The Morgan fingerprint density at radius 2 is 1.95 bits per heavy atom. The van der Waals surface area contributed by atoms with E-state index in [1.54, 1.807) is 0 Å². The van der Waals surface area contributed by atoms with Crippen molar-refractivity contribution in [3.05, 3.63) is 42.2 Å². The summed E-state index contributed by atoms with van der Waals surface area (Å²) in [5, 5.41) is 9.52. The Labute approximate surface area is 231 Å². The molecule has 4 rings (SSSR count). The van der Waals surface area contributed by atoms with Gasteiger partial charge in [0, 0.05) is 18.0 Å². The molecule has 222 valence electrons. The standard InChI is InChI=1S/C25H28F5N7O4/c1-24(2,3)41-23(39)36(13-25(28,29)30)18-10-14(4-9-32-18)22-34-17(12-40-22)21(38)33-16-11-37(35-19(16)20(26)27)15-5-7-31-8-6-15/h4,9-12,15,20,31H,5-8,13H2,1-3H3,(H,33,38). The summed E-state index contributed by atoms with van der Waals surface area (Å²) in [6, 6.07) is 2.35. The number of anilines is 2. The lowest BCUT2D eigenvalue weighted by Crippen LogP contribution is -2.42. The minimum atomic E-state index is -4.76. The fraction of sp³-hybridized carbons (Fsp3) is 0.480. The van der Waals surface area contributed by atoms with Gasteiger partial charge in [0.25, 0.3) is 12.3 Å². The van der Waals surface area contributed by atoms with Crippen molar-refractivity contribution in [2.24, 2.45) is 0 Å². The van der Waals surface area contributed by atoms with Gasteiger partial charge in [-0.2, -0.15) is 18.3 Å². The molecule has 3 aromatic rings. The van der Waals surface area contributed by atoms with Crippen molar-refractivity contribution in [1.82, 2.24) is 25.1 Å². The van der Waals surface area contributed by atoms with Crippen molar-refractivity contribution in [3.63, 3.8) is 0 Å². The number of carbonyl (C=O) groups excluding carboxylic acids is 2. The predicted octanol–water partition coefficient (Wildman–Crippen LogP) is 5.35. The monoisotopic (exact) mass is 585 g/mol. The highest BCUT2D eigenvalue weighted by Crippen LogP contribution is 2.30. The van der Waals surface area contributed by atoms with E-state index in [2.05, 4.69) is 25.7 Å². The molecule has 0 atom stereocenters. The van der Waals surface area contributed by atoms with Crippen LogP contribution in [-0.2, 0) is 4.74 Å². The first-order valence-electron chi connectivity index (χ1n) is 12.6. The molecule has 1 aliphatic heterocycles. The summed E-state index contributed by atoms with van der Waals surface area (Å²) in [5.74, 6) is -1.45. The highest BCUT2D eigenvalue weighted by molar-refractivity contribution is 6.03. The zero-order chi connectivity index (χ0) is 29.9. The maximum Gasteiger partial charge on any atom is 0.416 e. The first kappa shape index (κ1) is 29.9. The summed E-state index contributed by atoms with van der Waals surface area (Å²) in [6.45, 7) is 4.25. The molecule has 1 saturated heterocycles. The normalized spacial score (nSPS) is 14.8. The minimum absolute atomic E-state index is 0.0942. The average molecular weight is 586 g/mol. The number of carbonyl (C=O) groups is 2. The van der Waals surface area contributed by atoms with Gasteiger partial charge >= 0.3 is 12.3 Å². The number of rotatable bonds is 7. The Balaban J connectivity index is 1.55. The molecule has 41 heavy (non-hydrogen) atoms. The third-order valence-corrected chi connectivity index (χ3v) is 5.86. The average Bonchev–Trinajstić information content (AvgIpc) is 3.54. The number of alkyl halides is 5. The number of piperidine rings is 1. The lowest BCUT2D eigenvalue weighted by molar-refractivity contribution is -0.119. The molecule has 2 amide bonds. The first-order chi connectivity index (χ1) is 19.2. The molecule has 3 aromatic heterocycles. The summed E-state index contributed by atoms with van der Waals surface area (Å²) in [7, 11) is 0. The second kappa shape index (κ2) is 11.8. The van der Waals surface area contributed by atoms with Gasteiger partial charge in [-0.1, -0.05) is 0 Å². The van der Waals surface area contributed by atoms with Crippen molar-refractivity contribution in [2.45, 2.75) is 57.9 Å². The summed E-state index contributed by atoms with van der Waals surface area (Å²) in [5.41, 5.74) is -2.03. The van der Waals surface area contributed by atoms with E-state index >= 15 is 0 Å². The Hall–Kier alpha value is -4.08. The van der Waals surface area contributed by atoms with Gasteiger partial charge in [-0.25, -0.2) is 23.5 Å². The number of nitrogens with zero attached hydrogens (tertiary/aromatic N) is 5. The molecule has 0 aliphatic carbocycles. The maximum absolute atomic E-state index is 13.7. The van der Waals surface area contributed by atoms with Gasteiger partial charge in [0.05, 0.1) is 11.7 Å². The molecule has 0 saturated carbocycles. The van der Waals surface area contributed by atoms with Crippen LogP contribution in [0.3, 0.4) is 0 Å². The van der Waals surface area contributed by atoms with Crippen LogP contribution in [0.25, 0.3) is 11.5 Å². The van der Waals surface area contributed by atoms with Crippen LogP contribution >= 0.6 is 0 Å². The highest BCUT2D eigenvalue weighted by atomic mass is 19.4. The summed E-state index contributed by atoms with van der Waals surface area (Å²) >= 11 is 0. The lowest BCUT2D eigenvalue weighted by atomic mass is 10.1. The van der Waals surface area contributed by atoms with E-state index in [4.69, 9.17) is 9.15 Å². The molecule has 1 fully saturated rings. The minimum Gasteiger partial charge on any atom is -0.444 e. The molecule has 16 heteroatoms. The van der Waals surface area contributed by atoms with E-state index in [1.165, 1.54) is 37.7 Å². The van der Waals surface area contributed by atoms with Crippen molar-refractivity contribution in [1.29, 1.82) is 0 Å². The van der Waals surface area contributed by atoms with Crippen molar-refractivity contribution in [2.75, 3.05) is 29.9 Å². The summed E-state index contributed by atoms with van der Waals surface area (Å²) < 4.78 is 78.9. The number of aromatic nitrogens is 4. The molecule has 4 heterocycles. The second-order valence-corrected chi connectivity index (χ2v) is 10.3. The van der Waals surface area contributed by atoms with Crippen LogP contribution in [0.5, 0.6) is 0 Å². The van der Waals surface area contributed by atoms with Gasteiger partial charge in [0.15, 0.2) is 11.4 Å². The molecule has 0 unspecified atom stereocenters. The van der Waals surface area contributed by atoms with Crippen LogP contribution in [0.15, 0.2) is 35.2 Å². The quantitative estimate of drug-likeness (QED) is 0.355. The number of ether oxygens (including phenoxy) is 1. The number of oxazole rings is 1. The SMILES string of the molecule is CC(C)(C)OC(=O)N(CC(F)(F)F)c1cc(-c2nc(C(=O)Nc3cn(C4CCNCC4)nc3C(F)F)co2)ccn1. The van der Waals surface area contributed by atoms with Crippen LogP contribution in [0.2, 0.25) is 0 Å². The summed E-state index contributed by atoms with van der Waals surface area (Å²) in [6.07, 6.45) is -4.16. The second-order valence-electron chi connectivity index (χ2n) is 10.3. The Kier molecular flexibility index (Phi) is 8.60. The highest BCUT2D eigenvalue weighted by Gasteiger charge is 2.37. The van der Waals surface area contributed by atoms with E-state index in [9.17, 15) is 31.5 Å². The smallest absolute Gasteiger partial charge is 0.416 e. The van der Waals surface area contributed by atoms with Crippen LogP contribution in [0, 0.1) is 0 Å². The topological polar surface area (TPSA) is 127 Å². The molecule has 0 spiro atoms. The van der Waals surface area contributed by atoms with Crippen LogP contribution in [-0.4, -0.2) is 63.2 Å². The number of pyridine rings is 1. The molecule has 0 radical (unpaired) electrons. The molecular weight excluding hydrogens is 557 g/mol. The fourth-order valence-corrected chi connectivity index (χ4v) is 4.05. The first-order valence-corrected chi connectivity index (χ1v) is 12.6. The Bertz CT molecular complexity index is 1380. The van der Waals surface area contributed by atoms with Gasteiger partial charge in [0.1, 0.15) is 24.2 Å². The molecule has 11 nitrogen and oxygen atoms in total. The van der Waals surface area contributed by atoms with Crippen LogP contribution in [0.1, 0.15) is 62.3 Å². The van der Waals surface area contributed by atoms with Gasteiger partial charge in [0.2, 0.25) is 5.89 Å². The number of halogens is 5. The van der Waals surface area contributed by atoms with Gasteiger partial charge in [-0.3, -0.25) is 14.4 Å².